The molecule has 0 aliphatic carbocycles. The summed E-state index contributed by atoms with van der Waals surface area (Å²) in [6.07, 6.45) is 2.70. The van der Waals surface area contributed by atoms with Gasteiger partial charge in [-0.15, -0.1) is 11.8 Å². The molecule has 8 nitrogen and oxygen atoms in total. The summed E-state index contributed by atoms with van der Waals surface area (Å²) in [5.41, 5.74) is 2.74. The average Bonchev–Trinajstić information content (AvgIpc) is 3.41. The topological polar surface area (TPSA) is 91.4 Å². The van der Waals surface area contributed by atoms with Crippen LogP contribution in [0.5, 0.6) is 0 Å². The molecule has 0 unspecified atom stereocenters. The summed E-state index contributed by atoms with van der Waals surface area (Å²) in [6.45, 7) is 1.03. The van der Waals surface area contributed by atoms with E-state index in [-0.39, 0.29) is 12.3 Å². The number of benzene rings is 2. The second-order valence-electron chi connectivity index (χ2n) is 6.89. The van der Waals surface area contributed by atoms with E-state index in [9.17, 15) is 9.90 Å². The lowest BCUT2D eigenvalue weighted by atomic mass is 10.2. The molecule has 1 N–H and O–H groups in total. The number of carbonyl (C=O) groups is 1. The van der Waals surface area contributed by atoms with Gasteiger partial charge in [-0.1, -0.05) is 41.9 Å². The number of carboxylic acid groups (broad SMARTS) is 1. The molecule has 0 amide bonds. The van der Waals surface area contributed by atoms with Gasteiger partial charge in [0.15, 0.2) is 0 Å². The Morgan fingerprint density at radius 3 is 2.75 bits per heavy atom. The van der Waals surface area contributed by atoms with Gasteiger partial charge in [0.2, 0.25) is 5.95 Å². The number of rotatable bonds is 10. The molecule has 0 saturated heterocycles. The summed E-state index contributed by atoms with van der Waals surface area (Å²) in [4.78, 5) is 16.9. The summed E-state index contributed by atoms with van der Waals surface area (Å²) >= 11 is 8.23. The van der Waals surface area contributed by atoms with E-state index in [1.807, 2.05) is 30.3 Å². The van der Waals surface area contributed by atoms with Crippen LogP contribution in [0, 0.1) is 0 Å². The van der Waals surface area contributed by atoms with Crippen molar-refractivity contribution in [2.75, 3.05) is 20.3 Å². The molecule has 0 radical (unpaired) electrons. The summed E-state index contributed by atoms with van der Waals surface area (Å²) in [5.74, 6) is 0.157. The van der Waals surface area contributed by atoms with Crippen molar-refractivity contribution in [3.05, 3.63) is 71.0 Å². The Kier molecular flexibility index (Phi) is 7.11. The second-order valence-corrected chi connectivity index (χ2v) is 8.32. The van der Waals surface area contributed by atoms with Crippen LogP contribution in [-0.4, -0.2) is 50.7 Å². The van der Waals surface area contributed by atoms with Crippen molar-refractivity contribution in [3.63, 3.8) is 0 Å². The van der Waals surface area contributed by atoms with Gasteiger partial charge in [0, 0.05) is 24.0 Å². The number of aromatic carboxylic acids is 1. The molecule has 0 aliphatic rings. The van der Waals surface area contributed by atoms with Crippen molar-refractivity contribution in [1.29, 1.82) is 0 Å². The van der Waals surface area contributed by atoms with Gasteiger partial charge in [-0.3, -0.25) is 4.57 Å². The number of imidazole rings is 1. The molecule has 0 saturated carbocycles. The van der Waals surface area contributed by atoms with Gasteiger partial charge in [-0.2, -0.15) is 5.10 Å². The minimum absolute atomic E-state index is 0.0704. The standard InChI is InChI=1S/C22H21ClN4O4S/c1-30-7-8-31-14-26-19-9-17(23)20(32-13-15-5-3-2-4-6-15)10-18(19)25-22(26)27-12-16(11-24-27)21(28)29/h2-6,9-12H,7-8,13-14H2,1H3,(H,28,29). The molecule has 4 rings (SSSR count). The molecule has 2 heterocycles. The smallest absolute Gasteiger partial charge is 0.338 e. The highest BCUT2D eigenvalue weighted by Gasteiger charge is 2.17. The van der Waals surface area contributed by atoms with Crippen molar-refractivity contribution in [2.45, 2.75) is 17.4 Å². The highest BCUT2D eigenvalue weighted by molar-refractivity contribution is 7.98. The number of halogens is 1. The van der Waals surface area contributed by atoms with E-state index < -0.39 is 5.97 Å². The molecular weight excluding hydrogens is 452 g/mol. The van der Waals surface area contributed by atoms with Gasteiger partial charge in [-0.25, -0.2) is 14.5 Å². The fourth-order valence-electron chi connectivity index (χ4n) is 3.10. The fraction of sp³-hybridized carbons (Fsp3) is 0.227. The van der Waals surface area contributed by atoms with E-state index in [0.29, 0.717) is 29.7 Å². The van der Waals surface area contributed by atoms with Crippen LogP contribution in [0.25, 0.3) is 17.0 Å². The molecule has 32 heavy (non-hydrogen) atoms. The molecule has 166 valence electrons. The van der Waals surface area contributed by atoms with Crippen molar-refractivity contribution in [3.8, 4) is 5.95 Å². The number of methoxy groups -OCH3 is 1. The van der Waals surface area contributed by atoms with E-state index in [0.717, 1.165) is 16.2 Å². The van der Waals surface area contributed by atoms with Crippen molar-refractivity contribution < 1.29 is 19.4 Å². The van der Waals surface area contributed by atoms with E-state index >= 15 is 0 Å². The van der Waals surface area contributed by atoms with Crippen molar-refractivity contribution in [2.24, 2.45) is 0 Å². The minimum Gasteiger partial charge on any atom is -0.478 e. The maximum absolute atomic E-state index is 11.3. The third-order valence-electron chi connectivity index (χ3n) is 4.71. The normalized spacial score (nSPS) is 11.3. The molecule has 10 heteroatoms. The minimum atomic E-state index is -1.06. The molecular formula is C22H21ClN4O4S. The lowest BCUT2D eigenvalue weighted by Gasteiger charge is -2.10. The van der Waals surface area contributed by atoms with Crippen LogP contribution >= 0.6 is 23.4 Å². The van der Waals surface area contributed by atoms with Crippen LogP contribution in [0.4, 0.5) is 0 Å². The highest BCUT2D eigenvalue weighted by Crippen LogP contribution is 2.34. The zero-order chi connectivity index (χ0) is 22.5. The number of hydrogen-bond acceptors (Lipinski definition) is 6. The zero-order valence-corrected chi connectivity index (χ0v) is 18.8. The maximum Gasteiger partial charge on any atom is 0.338 e. The van der Waals surface area contributed by atoms with Gasteiger partial charge < -0.3 is 14.6 Å². The van der Waals surface area contributed by atoms with Crippen molar-refractivity contribution >= 4 is 40.4 Å². The molecule has 2 aromatic heterocycles. The number of aromatic nitrogens is 4. The summed E-state index contributed by atoms with van der Waals surface area (Å²) in [6, 6.07) is 13.9. The monoisotopic (exact) mass is 472 g/mol. The number of carboxylic acids is 1. The summed E-state index contributed by atoms with van der Waals surface area (Å²) in [5, 5.41) is 14.0. The first kappa shape index (κ1) is 22.3. The molecule has 2 aromatic carbocycles. The van der Waals surface area contributed by atoms with E-state index in [1.54, 1.807) is 23.4 Å². The molecule has 0 atom stereocenters. The van der Waals surface area contributed by atoms with Crippen LogP contribution in [-0.2, 0) is 22.0 Å². The fourth-order valence-corrected chi connectivity index (χ4v) is 4.33. The lowest BCUT2D eigenvalue weighted by Crippen LogP contribution is -2.12. The van der Waals surface area contributed by atoms with Crippen LogP contribution in [0.15, 0.2) is 59.8 Å². The van der Waals surface area contributed by atoms with Crippen LogP contribution in [0.2, 0.25) is 5.02 Å². The molecule has 0 fully saturated rings. The largest absolute Gasteiger partial charge is 0.478 e. The lowest BCUT2D eigenvalue weighted by molar-refractivity contribution is 0.0356. The Bertz CT molecular complexity index is 1230. The average molecular weight is 473 g/mol. The van der Waals surface area contributed by atoms with Crippen molar-refractivity contribution in [1.82, 2.24) is 19.3 Å². The Morgan fingerprint density at radius 2 is 2.03 bits per heavy atom. The van der Waals surface area contributed by atoms with Crippen LogP contribution in [0.3, 0.4) is 0 Å². The third-order valence-corrected chi connectivity index (χ3v) is 6.26. The second kappa shape index (κ2) is 10.2. The molecule has 0 bridgehead atoms. The first-order valence-electron chi connectivity index (χ1n) is 9.78. The summed E-state index contributed by atoms with van der Waals surface area (Å²) < 4.78 is 14.0. The SMILES string of the molecule is COCCOCn1c(-n2cc(C(=O)O)cn2)nc2cc(SCc3ccccc3)c(Cl)cc21. The Hall–Kier alpha value is -2.85. The predicted molar refractivity (Wildman–Crippen MR) is 123 cm³/mol. The number of nitrogens with zero attached hydrogens (tertiary/aromatic N) is 4. The molecule has 0 spiro atoms. The Labute approximate surface area is 193 Å². The van der Waals surface area contributed by atoms with Gasteiger partial charge in [-0.05, 0) is 17.7 Å². The number of thioether (sulfide) groups is 1. The maximum atomic E-state index is 11.3. The van der Waals surface area contributed by atoms with Gasteiger partial charge >= 0.3 is 5.97 Å². The molecule has 4 aromatic rings. The number of ether oxygens (including phenoxy) is 2. The van der Waals surface area contributed by atoms with Gasteiger partial charge in [0.1, 0.15) is 6.73 Å². The summed E-state index contributed by atoms with van der Waals surface area (Å²) in [7, 11) is 1.60. The zero-order valence-electron chi connectivity index (χ0n) is 17.3. The Morgan fingerprint density at radius 1 is 1.22 bits per heavy atom. The van der Waals surface area contributed by atoms with E-state index in [1.165, 1.54) is 22.6 Å². The predicted octanol–water partition coefficient (Wildman–Crippen LogP) is 4.49. The van der Waals surface area contributed by atoms with Crippen LogP contribution < -0.4 is 0 Å². The number of hydrogen-bond donors (Lipinski definition) is 1. The Balaban J connectivity index is 1.69. The van der Waals surface area contributed by atoms with E-state index in [4.69, 9.17) is 26.1 Å². The quantitative estimate of drug-likeness (QED) is 0.268. The third kappa shape index (κ3) is 4.97. The first-order chi connectivity index (χ1) is 15.6. The molecule has 0 aliphatic heterocycles. The van der Waals surface area contributed by atoms with E-state index in [2.05, 4.69) is 17.2 Å². The van der Waals surface area contributed by atoms with Gasteiger partial charge in [0.25, 0.3) is 0 Å². The van der Waals surface area contributed by atoms with Crippen LogP contribution in [0.1, 0.15) is 15.9 Å². The number of fused-ring (bicyclic) bond motifs is 1. The first-order valence-corrected chi connectivity index (χ1v) is 11.1. The van der Waals surface area contributed by atoms with Gasteiger partial charge in [0.05, 0.1) is 41.0 Å². The highest BCUT2D eigenvalue weighted by atomic mass is 35.5.